The van der Waals surface area contributed by atoms with Crippen molar-refractivity contribution in [3.05, 3.63) is 63.7 Å². The molecule has 0 aliphatic rings. The van der Waals surface area contributed by atoms with Gasteiger partial charge in [0.2, 0.25) is 11.8 Å². The van der Waals surface area contributed by atoms with Crippen molar-refractivity contribution < 1.29 is 23.9 Å². The number of alkyl carbamates (subject to hydrolysis) is 1. The Hall–Kier alpha value is -3.59. The summed E-state index contributed by atoms with van der Waals surface area (Å²) in [6.07, 6.45) is -1.36. The Morgan fingerprint density at radius 1 is 1.00 bits per heavy atom. The van der Waals surface area contributed by atoms with Crippen molar-refractivity contribution in [2.24, 2.45) is 5.73 Å². The summed E-state index contributed by atoms with van der Waals surface area (Å²) in [6.45, 7) is 14.1. The number of hydrogen-bond acceptors (Lipinski definition) is 5. The van der Waals surface area contributed by atoms with E-state index in [1.165, 1.54) is 4.90 Å². The minimum Gasteiger partial charge on any atom is -0.444 e. The van der Waals surface area contributed by atoms with Gasteiger partial charge in [0.1, 0.15) is 17.7 Å². The maximum absolute atomic E-state index is 14.1. The largest absolute Gasteiger partial charge is 0.444 e. The summed E-state index contributed by atoms with van der Waals surface area (Å²) in [4.78, 5) is 54.0. The molecule has 0 bridgehead atoms. The van der Waals surface area contributed by atoms with Gasteiger partial charge in [0, 0.05) is 6.04 Å². The third-order valence-corrected chi connectivity index (χ3v) is 6.46. The van der Waals surface area contributed by atoms with Crippen molar-refractivity contribution in [2.45, 2.75) is 85.5 Å². The number of aryl methyl sites for hydroxylation is 2. The molecule has 212 valence electrons. The second kappa shape index (κ2) is 13.0. The molecular formula is C29H39ClN4O5. The first-order valence-electron chi connectivity index (χ1n) is 12.8. The van der Waals surface area contributed by atoms with Gasteiger partial charge in [0.25, 0.3) is 5.91 Å². The zero-order chi connectivity index (χ0) is 29.7. The quantitative estimate of drug-likeness (QED) is 0.401. The van der Waals surface area contributed by atoms with Crippen LogP contribution in [-0.2, 0) is 19.1 Å². The number of carbonyl (C=O) groups excluding carboxylic acids is 4. The molecular weight excluding hydrogens is 520 g/mol. The van der Waals surface area contributed by atoms with Gasteiger partial charge in [-0.1, -0.05) is 41.9 Å². The van der Waals surface area contributed by atoms with Gasteiger partial charge in [0.05, 0.1) is 17.1 Å². The number of ether oxygens (including phenoxy) is 1. The lowest BCUT2D eigenvalue weighted by molar-refractivity contribution is -0.143. The van der Waals surface area contributed by atoms with Crippen LogP contribution in [0.1, 0.15) is 69.3 Å². The number of carbonyl (C=O) groups is 4. The Kier molecular flexibility index (Phi) is 10.5. The van der Waals surface area contributed by atoms with E-state index in [1.807, 2.05) is 39.0 Å². The van der Waals surface area contributed by atoms with Crippen molar-refractivity contribution >= 4 is 41.1 Å². The lowest BCUT2D eigenvalue weighted by Gasteiger charge is -2.37. The number of benzene rings is 2. The molecule has 0 heterocycles. The number of para-hydroxylation sites is 1. The molecule has 39 heavy (non-hydrogen) atoms. The molecule has 0 aromatic heterocycles. The number of amides is 4. The highest BCUT2D eigenvalue weighted by atomic mass is 35.5. The van der Waals surface area contributed by atoms with E-state index in [0.717, 1.165) is 16.7 Å². The van der Waals surface area contributed by atoms with Gasteiger partial charge in [-0.25, -0.2) is 4.79 Å². The molecule has 0 spiro atoms. The number of nitrogens with two attached hydrogens (primary N) is 1. The second-order valence-electron chi connectivity index (χ2n) is 10.8. The molecule has 2 rings (SSSR count). The average molecular weight is 559 g/mol. The summed E-state index contributed by atoms with van der Waals surface area (Å²) in [7, 11) is 0. The van der Waals surface area contributed by atoms with Crippen LogP contribution in [-0.4, -0.2) is 46.4 Å². The summed E-state index contributed by atoms with van der Waals surface area (Å²) < 4.78 is 5.31. The van der Waals surface area contributed by atoms with Crippen LogP contribution >= 0.6 is 11.6 Å². The van der Waals surface area contributed by atoms with Gasteiger partial charge in [-0.05, 0) is 83.7 Å². The average Bonchev–Trinajstić information content (AvgIpc) is 2.79. The fourth-order valence-corrected chi connectivity index (χ4v) is 4.45. The second-order valence-corrected chi connectivity index (χ2v) is 11.2. The zero-order valence-electron chi connectivity index (χ0n) is 23.8. The van der Waals surface area contributed by atoms with Crippen LogP contribution in [0.4, 0.5) is 10.5 Å². The molecule has 0 aliphatic heterocycles. The highest BCUT2D eigenvalue weighted by Gasteiger charge is 2.39. The standard InChI is InChI=1S/C29H39ClN4O5/c1-16(2)34(27(37)22(15-23(31)35)32-28(38)39-29(6,7)8)25(20-13-9-11-17(3)19(20)5)26(36)33-24-18(4)12-10-14-21(24)30/h9-14,16,22,25H,15H2,1-8H3,(H2,31,35)(H,32,38)(H,33,36). The lowest BCUT2D eigenvalue weighted by Crippen LogP contribution is -2.55. The molecule has 0 radical (unpaired) electrons. The summed E-state index contributed by atoms with van der Waals surface area (Å²) >= 11 is 6.40. The minimum atomic E-state index is -1.36. The Morgan fingerprint density at radius 2 is 1.59 bits per heavy atom. The first-order valence-corrected chi connectivity index (χ1v) is 13.1. The number of rotatable bonds is 9. The predicted octanol–water partition coefficient (Wildman–Crippen LogP) is 4.95. The number of nitrogens with one attached hydrogen (secondary N) is 2. The monoisotopic (exact) mass is 558 g/mol. The van der Waals surface area contributed by atoms with E-state index in [-0.39, 0.29) is 0 Å². The molecule has 0 saturated heterocycles. The van der Waals surface area contributed by atoms with Gasteiger partial charge < -0.3 is 26.0 Å². The van der Waals surface area contributed by atoms with E-state index in [0.29, 0.717) is 16.3 Å². The number of halogens is 1. The molecule has 0 fully saturated rings. The maximum Gasteiger partial charge on any atom is 0.408 e. The molecule has 4 amide bonds. The summed E-state index contributed by atoms with van der Waals surface area (Å²) in [6, 6.07) is 7.75. The molecule has 2 unspecified atom stereocenters. The summed E-state index contributed by atoms with van der Waals surface area (Å²) in [5.74, 6) is -1.96. The third-order valence-electron chi connectivity index (χ3n) is 6.14. The predicted molar refractivity (Wildman–Crippen MR) is 152 cm³/mol. The van der Waals surface area contributed by atoms with E-state index in [9.17, 15) is 19.2 Å². The van der Waals surface area contributed by atoms with Crippen molar-refractivity contribution in [1.29, 1.82) is 0 Å². The molecule has 2 aromatic rings. The summed E-state index contributed by atoms with van der Waals surface area (Å²) in [5, 5.41) is 5.72. The smallest absolute Gasteiger partial charge is 0.408 e. The maximum atomic E-state index is 14.1. The van der Waals surface area contributed by atoms with Gasteiger partial charge in [-0.3, -0.25) is 14.4 Å². The Labute approximate surface area is 235 Å². The van der Waals surface area contributed by atoms with Crippen molar-refractivity contribution in [3.63, 3.8) is 0 Å². The number of hydrogen-bond donors (Lipinski definition) is 3. The van der Waals surface area contributed by atoms with E-state index >= 15 is 0 Å². The normalized spacial score (nSPS) is 12.9. The van der Waals surface area contributed by atoms with Gasteiger partial charge in [-0.2, -0.15) is 0 Å². The topological polar surface area (TPSA) is 131 Å². The number of primary amides is 1. The summed E-state index contributed by atoms with van der Waals surface area (Å²) in [5.41, 5.74) is 8.11. The van der Waals surface area contributed by atoms with Crippen LogP contribution in [0.5, 0.6) is 0 Å². The van der Waals surface area contributed by atoms with Crippen LogP contribution in [0.3, 0.4) is 0 Å². The fraction of sp³-hybridized carbons (Fsp3) is 0.448. The third kappa shape index (κ3) is 8.45. The highest BCUT2D eigenvalue weighted by Crippen LogP contribution is 2.32. The zero-order valence-corrected chi connectivity index (χ0v) is 24.6. The van der Waals surface area contributed by atoms with Crippen molar-refractivity contribution in [1.82, 2.24) is 10.2 Å². The number of anilines is 1. The lowest BCUT2D eigenvalue weighted by atomic mass is 9.94. The molecule has 0 aliphatic carbocycles. The molecule has 2 atom stereocenters. The fourth-order valence-electron chi connectivity index (χ4n) is 4.18. The van der Waals surface area contributed by atoms with Gasteiger partial charge in [0.15, 0.2) is 0 Å². The van der Waals surface area contributed by atoms with E-state index in [1.54, 1.807) is 52.8 Å². The Morgan fingerprint density at radius 3 is 2.13 bits per heavy atom. The first-order chi connectivity index (χ1) is 18.0. The molecule has 9 nitrogen and oxygen atoms in total. The van der Waals surface area contributed by atoms with Gasteiger partial charge in [-0.15, -0.1) is 0 Å². The van der Waals surface area contributed by atoms with Gasteiger partial charge >= 0.3 is 6.09 Å². The van der Waals surface area contributed by atoms with Crippen molar-refractivity contribution in [2.75, 3.05) is 5.32 Å². The Balaban J connectivity index is 2.63. The Bertz CT molecular complexity index is 1220. The SMILES string of the molecule is Cc1cccc(C(C(=O)Nc2c(C)cccc2Cl)N(C(=O)C(CC(N)=O)NC(=O)OC(C)(C)C)C(C)C)c1C. The highest BCUT2D eigenvalue weighted by molar-refractivity contribution is 6.34. The molecule has 0 saturated carbocycles. The van der Waals surface area contributed by atoms with Crippen LogP contribution < -0.4 is 16.4 Å². The van der Waals surface area contributed by atoms with Crippen LogP contribution in [0.2, 0.25) is 5.02 Å². The first kappa shape index (κ1) is 31.6. The van der Waals surface area contributed by atoms with Crippen LogP contribution in [0.25, 0.3) is 0 Å². The molecule has 4 N–H and O–H groups in total. The van der Waals surface area contributed by atoms with E-state index in [2.05, 4.69) is 10.6 Å². The number of nitrogens with zero attached hydrogens (tertiary/aromatic N) is 1. The minimum absolute atomic E-state index is 0.351. The van der Waals surface area contributed by atoms with E-state index < -0.39 is 54.0 Å². The van der Waals surface area contributed by atoms with E-state index in [4.69, 9.17) is 22.1 Å². The molecule has 2 aromatic carbocycles. The van der Waals surface area contributed by atoms with Crippen LogP contribution in [0, 0.1) is 20.8 Å². The van der Waals surface area contributed by atoms with Crippen molar-refractivity contribution in [3.8, 4) is 0 Å². The molecule has 10 heteroatoms. The van der Waals surface area contributed by atoms with Crippen LogP contribution in [0.15, 0.2) is 36.4 Å².